The van der Waals surface area contributed by atoms with Gasteiger partial charge in [-0.15, -0.1) is 0 Å². The van der Waals surface area contributed by atoms with E-state index in [9.17, 15) is 19.2 Å². The van der Waals surface area contributed by atoms with E-state index in [0.717, 1.165) is 22.3 Å². The van der Waals surface area contributed by atoms with Gasteiger partial charge in [0.1, 0.15) is 12.4 Å². The molecule has 9 heteroatoms. The van der Waals surface area contributed by atoms with Gasteiger partial charge in [-0.2, -0.15) is 0 Å². The van der Waals surface area contributed by atoms with E-state index in [4.69, 9.17) is 14.2 Å². The molecule has 170 valence electrons. The van der Waals surface area contributed by atoms with Crippen LogP contribution in [0.4, 0.5) is 9.59 Å². The summed E-state index contributed by atoms with van der Waals surface area (Å²) in [5.74, 6) is 1.55. The van der Waals surface area contributed by atoms with Gasteiger partial charge in [-0.1, -0.05) is 24.5 Å². The smallest absolute Gasteiger partial charge is 0.327 e. The lowest BCUT2D eigenvalue weighted by molar-refractivity contribution is 0.0657. The average Bonchev–Trinajstić information content (AvgIpc) is 2.82. The zero-order valence-electron chi connectivity index (χ0n) is 17.9. The van der Waals surface area contributed by atoms with Crippen LogP contribution in [0.2, 0.25) is 0 Å². The van der Waals surface area contributed by atoms with Gasteiger partial charge in [0.2, 0.25) is 5.78 Å². The lowest BCUT2D eigenvalue weighted by Crippen LogP contribution is -2.31. The minimum atomic E-state index is -0.790. The van der Waals surface area contributed by atoms with Crippen molar-refractivity contribution in [2.75, 3.05) is 13.3 Å². The minimum Gasteiger partial charge on any atom is -0.488 e. The third-order valence-corrected chi connectivity index (χ3v) is 6.66. The van der Waals surface area contributed by atoms with Crippen LogP contribution in [0.15, 0.2) is 42.7 Å². The lowest BCUT2D eigenvalue weighted by atomic mass is 9.84. The highest BCUT2D eigenvalue weighted by atomic mass is 31.1. The number of carbonyl (C=O) groups excluding carboxylic acids is 4. The predicted octanol–water partition coefficient (Wildman–Crippen LogP) is 5.33. The number of benzene rings is 2. The Morgan fingerprint density at radius 3 is 2.70 bits per heavy atom. The second-order valence-corrected chi connectivity index (χ2v) is 9.57. The summed E-state index contributed by atoms with van der Waals surface area (Å²) in [6, 6.07) is 8.97. The van der Waals surface area contributed by atoms with Crippen molar-refractivity contribution < 1.29 is 33.4 Å². The third kappa shape index (κ3) is 4.90. The van der Waals surface area contributed by atoms with E-state index in [0.29, 0.717) is 29.7 Å². The fraction of sp³-hybridized carbons (Fsp3) is 0.250. The van der Waals surface area contributed by atoms with E-state index in [-0.39, 0.29) is 41.9 Å². The quantitative estimate of drug-likeness (QED) is 0.387. The number of ketones is 2. The Hall–Kier alpha value is -2.88. The molecule has 4 rings (SSSR count). The average molecular weight is 484 g/mol. The van der Waals surface area contributed by atoms with Gasteiger partial charge < -0.3 is 14.2 Å². The van der Waals surface area contributed by atoms with Crippen LogP contribution in [-0.4, -0.2) is 42.4 Å². The largest absolute Gasteiger partial charge is 0.488 e. The molecule has 0 bridgehead atoms. The van der Waals surface area contributed by atoms with Gasteiger partial charge in [0.15, 0.2) is 18.5 Å². The highest BCUT2D eigenvalue weighted by Gasteiger charge is 2.32. The molecule has 0 aromatic heterocycles. The molecule has 2 aromatic carbocycles. The van der Waals surface area contributed by atoms with Gasteiger partial charge in [-0.3, -0.25) is 9.59 Å². The first-order valence-electron chi connectivity index (χ1n) is 10.3. The van der Waals surface area contributed by atoms with E-state index in [1.807, 2.05) is 12.1 Å². The maximum Gasteiger partial charge on any atom is 0.327 e. The molecule has 0 fully saturated rings. The monoisotopic (exact) mass is 484 g/mol. The predicted molar refractivity (Wildman–Crippen MR) is 128 cm³/mol. The van der Waals surface area contributed by atoms with Crippen LogP contribution in [0.25, 0.3) is 11.1 Å². The molecule has 3 atom stereocenters. The van der Waals surface area contributed by atoms with Crippen LogP contribution in [0.3, 0.4) is 0 Å². The molecular weight excluding hydrogens is 462 g/mol. The van der Waals surface area contributed by atoms with Crippen LogP contribution in [0.1, 0.15) is 38.3 Å². The van der Waals surface area contributed by atoms with Gasteiger partial charge in [0, 0.05) is 25.3 Å². The van der Waals surface area contributed by atoms with Crippen LogP contribution >= 0.6 is 17.2 Å². The summed E-state index contributed by atoms with van der Waals surface area (Å²) in [4.78, 5) is 48.4. The van der Waals surface area contributed by atoms with Crippen LogP contribution in [0.5, 0.6) is 5.75 Å². The number of hydrogen-bond acceptors (Lipinski definition) is 7. The van der Waals surface area contributed by atoms with Crippen molar-refractivity contribution in [3.05, 3.63) is 65.0 Å². The molecule has 1 aliphatic heterocycles. The normalized spacial score (nSPS) is 16.6. The highest BCUT2D eigenvalue weighted by Crippen LogP contribution is 2.41. The number of ether oxygens (including phenoxy) is 3. The number of aryl methyl sites for hydroxylation is 1. The van der Waals surface area contributed by atoms with E-state index < -0.39 is 17.5 Å². The summed E-state index contributed by atoms with van der Waals surface area (Å²) < 4.78 is 16.2. The number of hydrogen-bond donors (Lipinski definition) is 0. The topological polar surface area (TPSA) is 96.0 Å². The Kier molecular flexibility index (Phi) is 7.02. The molecule has 1 heterocycles. The fourth-order valence-electron chi connectivity index (χ4n) is 3.93. The number of rotatable bonds is 7. The molecule has 0 amide bonds. The van der Waals surface area contributed by atoms with Crippen molar-refractivity contribution in [3.63, 3.8) is 0 Å². The van der Waals surface area contributed by atoms with Crippen LogP contribution in [-0.2, 0) is 22.5 Å². The van der Waals surface area contributed by atoms with E-state index >= 15 is 0 Å². The van der Waals surface area contributed by atoms with E-state index in [1.165, 1.54) is 5.82 Å². The van der Waals surface area contributed by atoms with Crippen molar-refractivity contribution >= 4 is 40.1 Å². The zero-order valence-corrected chi connectivity index (χ0v) is 19.9. The number of fused-ring (bicyclic) bond motifs is 4. The molecule has 1 aliphatic carbocycles. The molecule has 2 aliphatic rings. The number of Topliss-reactive ketones (excluding diaryl/α,β-unsaturated/α-hetero) is 2. The molecular formula is C24H22O7P2. The Bertz CT molecular complexity index is 1170. The molecule has 33 heavy (non-hydrogen) atoms. The van der Waals surface area contributed by atoms with Crippen LogP contribution in [0, 0.1) is 0 Å². The Balaban J connectivity index is 1.57. The third-order valence-electron chi connectivity index (χ3n) is 5.55. The van der Waals surface area contributed by atoms with Crippen molar-refractivity contribution in [2.24, 2.45) is 0 Å². The number of carbonyl (C=O) groups is 4. The maximum absolute atomic E-state index is 12.9. The molecule has 0 radical (unpaired) electrons. The lowest BCUT2D eigenvalue weighted by Gasteiger charge is -2.27. The van der Waals surface area contributed by atoms with Crippen LogP contribution < -0.4 is 4.74 Å². The van der Waals surface area contributed by atoms with Gasteiger partial charge in [-0.25, -0.2) is 9.59 Å². The summed E-state index contributed by atoms with van der Waals surface area (Å²) >= 11 is 0. The molecule has 0 spiro atoms. The van der Waals surface area contributed by atoms with Crippen molar-refractivity contribution in [1.29, 1.82) is 0 Å². The summed E-state index contributed by atoms with van der Waals surface area (Å²) in [6.45, 7) is 5.17. The molecule has 0 saturated heterocycles. The standard InChI is InChI=1S/C24H22O7P2/c1-3-33-24(28)31-20-7-5-13-9-18-16-6-4-14(19(25)12-30-23(27)32-2)8-15(16)11-29-21(18)10-17(13)22(20)26/h3-4,6,8-10,20,32-33H,1,5,7,11-12H2,2H3. The van der Waals surface area contributed by atoms with Gasteiger partial charge >= 0.3 is 11.4 Å². The Morgan fingerprint density at radius 2 is 1.94 bits per heavy atom. The summed E-state index contributed by atoms with van der Waals surface area (Å²) in [6.07, 6.45) is 0.233. The Labute approximate surface area is 194 Å². The van der Waals surface area contributed by atoms with Crippen molar-refractivity contribution in [3.8, 4) is 16.9 Å². The first kappa shape index (κ1) is 23.3. The SMILES string of the molecule is C=CPC(=O)OC1CCc2cc3c(cc2C1=O)OCc1cc(C(=O)COC(=O)PC)ccc1-3. The van der Waals surface area contributed by atoms with E-state index in [2.05, 4.69) is 6.58 Å². The molecule has 7 nitrogen and oxygen atoms in total. The fourth-order valence-corrected chi connectivity index (χ4v) is 4.53. The Morgan fingerprint density at radius 1 is 1.12 bits per heavy atom. The van der Waals surface area contributed by atoms with E-state index in [1.54, 1.807) is 24.9 Å². The summed E-state index contributed by atoms with van der Waals surface area (Å²) in [5, 5.41) is 0. The molecule has 2 aromatic rings. The molecule has 0 saturated carbocycles. The zero-order chi connectivity index (χ0) is 23.5. The summed E-state index contributed by atoms with van der Waals surface area (Å²) in [5.41, 5.74) is 3.62. The second kappa shape index (κ2) is 9.94. The van der Waals surface area contributed by atoms with Gasteiger partial charge in [-0.05, 0) is 63.0 Å². The van der Waals surface area contributed by atoms with Crippen molar-refractivity contribution in [2.45, 2.75) is 25.6 Å². The summed E-state index contributed by atoms with van der Waals surface area (Å²) in [7, 11) is -0.202. The minimum absolute atomic E-state index is 0.0153. The first-order chi connectivity index (χ1) is 15.9. The van der Waals surface area contributed by atoms with Gasteiger partial charge in [0.25, 0.3) is 0 Å². The maximum atomic E-state index is 12.9. The highest BCUT2D eigenvalue weighted by molar-refractivity contribution is 7.60. The second-order valence-electron chi connectivity index (χ2n) is 7.56. The molecule has 3 unspecified atom stereocenters. The first-order valence-corrected chi connectivity index (χ1v) is 12.9. The van der Waals surface area contributed by atoms with Crippen molar-refractivity contribution in [1.82, 2.24) is 0 Å². The van der Waals surface area contributed by atoms with Gasteiger partial charge in [0.05, 0.1) is 0 Å². The molecule has 0 N–H and O–H groups in total.